The van der Waals surface area contributed by atoms with E-state index in [2.05, 4.69) is 15.4 Å². The van der Waals surface area contributed by atoms with Crippen LogP contribution < -0.4 is 5.32 Å². The summed E-state index contributed by atoms with van der Waals surface area (Å²) in [7, 11) is 0. The summed E-state index contributed by atoms with van der Waals surface area (Å²) in [6.07, 6.45) is -1.72. The third-order valence-corrected chi connectivity index (χ3v) is 3.49. The molecule has 0 saturated heterocycles. The van der Waals surface area contributed by atoms with Gasteiger partial charge in [-0.3, -0.25) is 4.79 Å². The van der Waals surface area contributed by atoms with Gasteiger partial charge in [0, 0.05) is 0 Å². The fourth-order valence-electron chi connectivity index (χ4n) is 2.36. The Hall–Kier alpha value is -2.38. The number of halogens is 3. The summed E-state index contributed by atoms with van der Waals surface area (Å²) in [6, 6.07) is 4.45. The van der Waals surface area contributed by atoms with Crippen LogP contribution in [-0.2, 0) is 17.5 Å². The lowest BCUT2D eigenvalue weighted by atomic mass is 9.82. The third-order valence-electron chi connectivity index (χ3n) is 3.49. The summed E-state index contributed by atoms with van der Waals surface area (Å²) in [6.45, 7) is 5.51. The van der Waals surface area contributed by atoms with Gasteiger partial charge >= 0.3 is 6.18 Å². The number of aromatic nitrogens is 3. The average Bonchev–Trinajstić information content (AvgIpc) is 2.95. The maximum atomic E-state index is 12.9. The zero-order valence-electron chi connectivity index (χ0n) is 13.6. The van der Waals surface area contributed by atoms with Crippen molar-refractivity contribution in [2.75, 3.05) is 0 Å². The largest absolute Gasteiger partial charge is 0.416 e. The van der Waals surface area contributed by atoms with Gasteiger partial charge in [-0.25, -0.2) is 9.67 Å². The number of amides is 1. The molecule has 2 rings (SSSR count). The first-order chi connectivity index (χ1) is 11.1. The van der Waals surface area contributed by atoms with Crippen LogP contribution in [0, 0.1) is 5.41 Å². The summed E-state index contributed by atoms with van der Waals surface area (Å²) in [5.74, 6) is -0.349. The Morgan fingerprint density at radius 2 is 2.00 bits per heavy atom. The topological polar surface area (TPSA) is 59.8 Å². The molecule has 0 aliphatic rings. The Morgan fingerprint density at radius 1 is 1.29 bits per heavy atom. The van der Waals surface area contributed by atoms with Crippen molar-refractivity contribution in [3.63, 3.8) is 0 Å². The minimum atomic E-state index is -4.43. The van der Waals surface area contributed by atoms with Crippen molar-refractivity contribution < 1.29 is 18.0 Å². The number of benzene rings is 1. The molecule has 1 aromatic carbocycles. The van der Waals surface area contributed by atoms with E-state index in [1.165, 1.54) is 23.4 Å². The van der Waals surface area contributed by atoms with Gasteiger partial charge in [0.25, 0.3) is 0 Å². The van der Waals surface area contributed by atoms with E-state index in [-0.39, 0.29) is 12.5 Å². The van der Waals surface area contributed by atoms with Crippen LogP contribution in [0.15, 0.2) is 36.9 Å². The lowest BCUT2D eigenvalue weighted by Crippen LogP contribution is -2.38. The molecule has 0 radical (unpaired) electrons. The summed E-state index contributed by atoms with van der Waals surface area (Å²) in [5.41, 5.74) is -0.800. The van der Waals surface area contributed by atoms with Gasteiger partial charge in [-0.2, -0.15) is 18.3 Å². The Balaban J connectivity index is 2.24. The first-order valence-electron chi connectivity index (χ1n) is 7.36. The number of nitrogens with one attached hydrogen (secondary N) is 1. The van der Waals surface area contributed by atoms with Crippen LogP contribution in [0.25, 0.3) is 0 Å². The van der Waals surface area contributed by atoms with Crippen molar-refractivity contribution in [3.8, 4) is 0 Å². The van der Waals surface area contributed by atoms with Gasteiger partial charge in [0.2, 0.25) is 5.91 Å². The number of nitrogens with zero attached hydrogens (tertiary/aromatic N) is 3. The summed E-state index contributed by atoms with van der Waals surface area (Å²) < 4.78 is 40.2. The van der Waals surface area contributed by atoms with Crippen molar-refractivity contribution >= 4 is 5.91 Å². The fourth-order valence-corrected chi connectivity index (χ4v) is 2.36. The highest BCUT2D eigenvalue weighted by Gasteiger charge is 2.33. The van der Waals surface area contributed by atoms with E-state index in [4.69, 9.17) is 0 Å². The van der Waals surface area contributed by atoms with Gasteiger partial charge < -0.3 is 5.32 Å². The highest BCUT2D eigenvalue weighted by Crippen LogP contribution is 2.36. The first kappa shape index (κ1) is 18.0. The van der Waals surface area contributed by atoms with Crippen LogP contribution in [0.5, 0.6) is 0 Å². The lowest BCUT2D eigenvalue weighted by molar-refractivity contribution is -0.137. The predicted molar refractivity (Wildman–Crippen MR) is 81.8 cm³/mol. The van der Waals surface area contributed by atoms with E-state index in [9.17, 15) is 18.0 Å². The van der Waals surface area contributed by atoms with E-state index in [0.717, 1.165) is 12.1 Å². The average molecular weight is 340 g/mol. The van der Waals surface area contributed by atoms with Gasteiger partial charge in [0.05, 0.1) is 11.6 Å². The molecule has 130 valence electrons. The maximum absolute atomic E-state index is 12.9. The third kappa shape index (κ3) is 4.56. The molecule has 24 heavy (non-hydrogen) atoms. The summed E-state index contributed by atoms with van der Waals surface area (Å²) >= 11 is 0. The minimum Gasteiger partial charge on any atom is -0.347 e. The van der Waals surface area contributed by atoms with Gasteiger partial charge in [-0.15, -0.1) is 0 Å². The van der Waals surface area contributed by atoms with E-state index in [1.807, 2.05) is 20.8 Å². The normalized spacial score (nSPS) is 13.6. The molecule has 0 bridgehead atoms. The first-order valence-corrected chi connectivity index (χ1v) is 7.36. The van der Waals surface area contributed by atoms with Crippen molar-refractivity contribution in [2.24, 2.45) is 5.41 Å². The SMILES string of the molecule is CC(C)(C)[C@H](NC(=O)Cn1cncn1)c1cccc(C(F)(F)F)c1. The molecule has 2 aromatic rings. The Labute approximate surface area is 137 Å². The van der Waals surface area contributed by atoms with Gasteiger partial charge in [0.1, 0.15) is 19.2 Å². The molecule has 0 aliphatic heterocycles. The highest BCUT2D eigenvalue weighted by atomic mass is 19.4. The lowest BCUT2D eigenvalue weighted by Gasteiger charge is -2.32. The van der Waals surface area contributed by atoms with Crippen LogP contribution in [-0.4, -0.2) is 20.7 Å². The number of carbonyl (C=O) groups excluding carboxylic acids is 1. The number of hydrogen-bond acceptors (Lipinski definition) is 3. The van der Waals surface area contributed by atoms with Crippen molar-refractivity contribution in [1.82, 2.24) is 20.1 Å². The fraction of sp³-hybridized carbons (Fsp3) is 0.438. The van der Waals surface area contributed by atoms with Crippen molar-refractivity contribution in [1.29, 1.82) is 0 Å². The molecule has 0 saturated carbocycles. The van der Waals surface area contributed by atoms with Crippen molar-refractivity contribution in [2.45, 2.75) is 39.5 Å². The molecule has 1 N–H and O–H groups in total. The molecule has 1 atom stereocenters. The number of hydrogen-bond donors (Lipinski definition) is 1. The zero-order valence-corrected chi connectivity index (χ0v) is 13.6. The molecule has 8 heteroatoms. The van der Waals surface area contributed by atoms with Gasteiger partial charge in [-0.1, -0.05) is 32.9 Å². The van der Waals surface area contributed by atoms with Crippen LogP contribution in [0.3, 0.4) is 0 Å². The zero-order chi connectivity index (χ0) is 18.0. The van der Waals surface area contributed by atoms with Gasteiger partial charge in [0.15, 0.2) is 0 Å². The molecule has 1 heterocycles. The molecule has 0 fully saturated rings. The van der Waals surface area contributed by atoms with Crippen molar-refractivity contribution in [3.05, 3.63) is 48.0 Å². The molecular formula is C16H19F3N4O. The Kier molecular flexibility index (Phi) is 4.96. The smallest absolute Gasteiger partial charge is 0.347 e. The number of carbonyl (C=O) groups is 1. The molecular weight excluding hydrogens is 321 g/mol. The standard InChI is InChI=1S/C16H19F3N4O/c1-15(2,3)14(22-13(24)8-23-10-20-9-21-23)11-5-4-6-12(7-11)16(17,18)19/h4-7,9-10,14H,8H2,1-3H3,(H,22,24)/t14-/m1/s1. The quantitative estimate of drug-likeness (QED) is 0.930. The number of alkyl halides is 3. The molecule has 0 spiro atoms. The maximum Gasteiger partial charge on any atom is 0.416 e. The molecule has 5 nitrogen and oxygen atoms in total. The highest BCUT2D eigenvalue weighted by molar-refractivity contribution is 5.76. The second kappa shape index (κ2) is 6.62. The van der Waals surface area contributed by atoms with Crippen LogP contribution >= 0.6 is 0 Å². The Morgan fingerprint density at radius 3 is 2.54 bits per heavy atom. The monoisotopic (exact) mass is 340 g/mol. The van der Waals surface area contributed by atoms with Crippen LogP contribution in [0.2, 0.25) is 0 Å². The van der Waals surface area contributed by atoms with E-state index >= 15 is 0 Å². The predicted octanol–water partition coefficient (Wildman–Crippen LogP) is 3.20. The molecule has 1 aromatic heterocycles. The van der Waals surface area contributed by atoms with Crippen LogP contribution in [0.4, 0.5) is 13.2 Å². The van der Waals surface area contributed by atoms with Crippen LogP contribution in [0.1, 0.15) is 37.9 Å². The molecule has 0 unspecified atom stereocenters. The summed E-state index contributed by atoms with van der Waals surface area (Å²) in [4.78, 5) is 15.9. The Bertz CT molecular complexity index is 690. The molecule has 1 amide bonds. The minimum absolute atomic E-state index is 0.0501. The van der Waals surface area contributed by atoms with E-state index < -0.39 is 23.2 Å². The van der Waals surface area contributed by atoms with E-state index in [0.29, 0.717) is 5.56 Å². The second-order valence-electron chi connectivity index (χ2n) is 6.58. The van der Waals surface area contributed by atoms with Gasteiger partial charge in [-0.05, 0) is 23.1 Å². The molecule has 0 aliphatic carbocycles. The van der Waals surface area contributed by atoms with E-state index in [1.54, 1.807) is 6.07 Å². The second-order valence-corrected chi connectivity index (χ2v) is 6.58. The number of rotatable bonds is 4. The summed E-state index contributed by atoms with van der Waals surface area (Å²) in [5, 5.41) is 6.64.